The van der Waals surface area contributed by atoms with Gasteiger partial charge in [0.25, 0.3) is 0 Å². The number of benzene rings is 1. The van der Waals surface area contributed by atoms with E-state index in [1.807, 2.05) is 36.7 Å². The molecule has 1 unspecified atom stereocenters. The van der Waals surface area contributed by atoms with Crippen LogP contribution in [-0.2, 0) is 6.54 Å². The molecule has 0 saturated heterocycles. The lowest BCUT2D eigenvalue weighted by Gasteiger charge is -2.18. The minimum absolute atomic E-state index is 0.344. The summed E-state index contributed by atoms with van der Waals surface area (Å²) in [6.45, 7) is 4.78. The first kappa shape index (κ1) is 14.4. The van der Waals surface area contributed by atoms with Crippen LogP contribution < -0.4 is 15.2 Å². The van der Waals surface area contributed by atoms with Gasteiger partial charge in [0.2, 0.25) is 0 Å². The highest BCUT2D eigenvalue weighted by Crippen LogP contribution is 2.33. The normalized spacial score (nSPS) is 12.2. The van der Waals surface area contributed by atoms with Crippen LogP contribution in [0.25, 0.3) is 0 Å². The molecule has 1 atom stereocenters. The summed E-state index contributed by atoms with van der Waals surface area (Å²) < 4.78 is 12.7. The third kappa shape index (κ3) is 2.49. The SMILES string of the molecule is CCn1ncc(OC)c1C(N)c1ccc(C)cc1OC. The Morgan fingerprint density at radius 1 is 1.25 bits per heavy atom. The van der Waals surface area contributed by atoms with Gasteiger partial charge in [-0.25, -0.2) is 0 Å². The maximum Gasteiger partial charge on any atom is 0.161 e. The third-order valence-electron chi connectivity index (χ3n) is 3.38. The monoisotopic (exact) mass is 275 g/mol. The average Bonchev–Trinajstić information content (AvgIpc) is 2.89. The van der Waals surface area contributed by atoms with Gasteiger partial charge in [-0.2, -0.15) is 5.10 Å². The number of aromatic nitrogens is 2. The molecule has 0 bridgehead atoms. The first-order valence-electron chi connectivity index (χ1n) is 6.62. The Hall–Kier alpha value is -2.01. The highest BCUT2D eigenvalue weighted by Gasteiger charge is 2.22. The van der Waals surface area contributed by atoms with E-state index < -0.39 is 0 Å². The summed E-state index contributed by atoms with van der Waals surface area (Å²) >= 11 is 0. The van der Waals surface area contributed by atoms with Crippen LogP contribution in [0, 0.1) is 6.92 Å². The molecule has 1 heterocycles. The van der Waals surface area contributed by atoms with Gasteiger partial charge in [0.1, 0.15) is 11.4 Å². The van der Waals surface area contributed by atoms with Crippen LogP contribution in [0.4, 0.5) is 0 Å². The van der Waals surface area contributed by atoms with Gasteiger partial charge in [-0.3, -0.25) is 4.68 Å². The first-order valence-corrected chi connectivity index (χ1v) is 6.62. The van der Waals surface area contributed by atoms with E-state index >= 15 is 0 Å². The van der Waals surface area contributed by atoms with Gasteiger partial charge in [-0.15, -0.1) is 0 Å². The Balaban J connectivity index is 2.50. The molecule has 0 aliphatic heterocycles. The summed E-state index contributed by atoms with van der Waals surface area (Å²) in [6, 6.07) is 5.65. The van der Waals surface area contributed by atoms with Crippen molar-refractivity contribution in [2.24, 2.45) is 5.73 Å². The van der Waals surface area contributed by atoms with Gasteiger partial charge in [-0.1, -0.05) is 12.1 Å². The lowest BCUT2D eigenvalue weighted by atomic mass is 10.0. The van der Waals surface area contributed by atoms with Crippen molar-refractivity contribution in [3.8, 4) is 11.5 Å². The Bertz CT molecular complexity index is 571. The molecular weight excluding hydrogens is 254 g/mol. The van der Waals surface area contributed by atoms with E-state index in [1.54, 1.807) is 20.4 Å². The van der Waals surface area contributed by atoms with Gasteiger partial charge >= 0.3 is 0 Å². The fraction of sp³-hybridized carbons (Fsp3) is 0.400. The smallest absolute Gasteiger partial charge is 0.161 e. The number of methoxy groups -OCH3 is 2. The van der Waals surface area contributed by atoms with Crippen molar-refractivity contribution in [2.75, 3.05) is 14.2 Å². The molecule has 0 aliphatic rings. The number of aryl methyl sites for hydroxylation is 2. The number of rotatable bonds is 5. The van der Waals surface area contributed by atoms with E-state index in [9.17, 15) is 0 Å². The predicted molar refractivity (Wildman–Crippen MR) is 78.2 cm³/mol. The molecule has 2 rings (SSSR count). The van der Waals surface area contributed by atoms with Crippen LogP contribution in [0.2, 0.25) is 0 Å². The standard InChI is InChI=1S/C15H21N3O2/c1-5-18-15(13(20-4)9-17-18)14(16)11-7-6-10(2)8-12(11)19-3/h6-9,14H,5,16H2,1-4H3. The van der Waals surface area contributed by atoms with Crippen molar-refractivity contribution in [1.29, 1.82) is 0 Å². The molecule has 5 nitrogen and oxygen atoms in total. The molecule has 0 aliphatic carbocycles. The van der Waals surface area contributed by atoms with Crippen LogP contribution >= 0.6 is 0 Å². The molecule has 0 fully saturated rings. The minimum atomic E-state index is -0.344. The summed E-state index contributed by atoms with van der Waals surface area (Å²) in [5.41, 5.74) is 9.33. The molecule has 108 valence electrons. The Morgan fingerprint density at radius 2 is 1.95 bits per heavy atom. The average molecular weight is 275 g/mol. The molecule has 2 N–H and O–H groups in total. The van der Waals surface area contributed by atoms with Crippen molar-refractivity contribution in [2.45, 2.75) is 26.4 Å². The summed E-state index contributed by atoms with van der Waals surface area (Å²) in [5, 5.41) is 4.30. The third-order valence-corrected chi connectivity index (χ3v) is 3.38. The van der Waals surface area contributed by atoms with Crippen molar-refractivity contribution in [1.82, 2.24) is 9.78 Å². The zero-order valence-corrected chi connectivity index (χ0v) is 12.4. The molecule has 0 spiro atoms. The summed E-state index contributed by atoms with van der Waals surface area (Å²) in [6.07, 6.45) is 1.69. The topological polar surface area (TPSA) is 62.3 Å². The Labute approximate surface area is 119 Å². The largest absolute Gasteiger partial charge is 0.496 e. The number of hydrogen-bond donors (Lipinski definition) is 1. The molecule has 2 aromatic rings. The lowest BCUT2D eigenvalue weighted by molar-refractivity contribution is 0.396. The number of ether oxygens (including phenoxy) is 2. The number of nitrogens with zero attached hydrogens (tertiary/aromatic N) is 2. The van der Waals surface area contributed by atoms with E-state index in [0.29, 0.717) is 5.75 Å². The zero-order chi connectivity index (χ0) is 14.7. The molecule has 20 heavy (non-hydrogen) atoms. The maximum absolute atomic E-state index is 6.42. The maximum atomic E-state index is 6.42. The van der Waals surface area contributed by atoms with Gasteiger partial charge in [-0.05, 0) is 25.5 Å². The quantitative estimate of drug-likeness (QED) is 0.909. The highest BCUT2D eigenvalue weighted by molar-refractivity contribution is 5.45. The fourth-order valence-electron chi connectivity index (χ4n) is 2.32. The Morgan fingerprint density at radius 3 is 2.55 bits per heavy atom. The predicted octanol–water partition coefficient (Wildman–Crippen LogP) is 2.28. The van der Waals surface area contributed by atoms with Crippen LogP contribution in [0.1, 0.15) is 29.8 Å². The van der Waals surface area contributed by atoms with Crippen molar-refractivity contribution in [3.63, 3.8) is 0 Å². The molecule has 0 amide bonds. The van der Waals surface area contributed by atoms with E-state index in [-0.39, 0.29) is 6.04 Å². The number of hydrogen-bond acceptors (Lipinski definition) is 4. The van der Waals surface area contributed by atoms with Crippen molar-refractivity contribution < 1.29 is 9.47 Å². The second-order valence-electron chi connectivity index (χ2n) is 4.64. The molecule has 0 saturated carbocycles. The molecule has 1 aromatic heterocycles. The van der Waals surface area contributed by atoms with Crippen LogP contribution in [0.15, 0.2) is 24.4 Å². The van der Waals surface area contributed by atoms with E-state index in [0.717, 1.165) is 29.1 Å². The van der Waals surface area contributed by atoms with Crippen LogP contribution in [-0.4, -0.2) is 24.0 Å². The first-order chi connectivity index (χ1) is 9.62. The minimum Gasteiger partial charge on any atom is -0.496 e. The van der Waals surface area contributed by atoms with Gasteiger partial charge in [0, 0.05) is 12.1 Å². The van der Waals surface area contributed by atoms with Crippen molar-refractivity contribution in [3.05, 3.63) is 41.2 Å². The summed E-state index contributed by atoms with van der Waals surface area (Å²) in [7, 11) is 3.28. The van der Waals surface area contributed by atoms with E-state index in [4.69, 9.17) is 15.2 Å². The zero-order valence-electron chi connectivity index (χ0n) is 12.4. The molecule has 5 heteroatoms. The second-order valence-corrected chi connectivity index (χ2v) is 4.64. The van der Waals surface area contributed by atoms with Crippen LogP contribution in [0.3, 0.4) is 0 Å². The highest BCUT2D eigenvalue weighted by atomic mass is 16.5. The van der Waals surface area contributed by atoms with Gasteiger partial charge in [0.15, 0.2) is 5.75 Å². The molecular formula is C15H21N3O2. The lowest BCUT2D eigenvalue weighted by Crippen LogP contribution is -2.18. The van der Waals surface area contributed by atoms with E-state index in [2.05, 4.69) is 5.10 Å². The molecule has 0 radical (unpaired) electrons. The fourth-order valence-corrected chi connectivity index (χ4v) is 2.32. The van der Waals surface area contributed by atoms with Gasteiger partial charge in [0.05, 0.1) is 26.5 Å². The Kier molecular flexibility index (Phi) is 4.29. The van der Waals surface area contributed by atoms with Gasteiger partial charge < -0.3 is 15.2 Å². The molecule has 1 aromatic carbocycles. The number of nitrogens with two attached hydrogens (primary N) is 1. The van der Waals surface area contributed by atoms with E-state index in [1.165, 1.54) is 0 Å². The van der Waals surface area contributed by atoms with Crippen molar-refractivity contribution >= 4 is 0 Å². The summed E-state index contributed by atoms with van der Waals surface area (Å²) in [4.78, 5) is 0. The van der Waals surface area contributed by atoms with Crippen LogP contribution in [0.5, 0.6) is 11.5 Å². The summed E-state index contributed by atoms with van der Waals surface area (Å²) in [5.74, 6) is 1.48. The second kappa shape index (κ2) is 5.96.